The molecular weight excluding hydrogens is 274 g/mol. The molecule has 0 aromatic carbocycles. The molecule has 8 nitrogen and oxygen atoms in total. The molecule has 9 heteroatoms. The minimum Gasteiger partial charge on any atom is -0.871 e. The van der Waals surface area contributed by atoms with Crippen molar-refractivity contribution in [3.05, 3.63) is 41.1 Å². The molecule has 19 heavy (non-hydrogen) atoms. The molecule has 1 aliphatic rings. The number of carbonyl (C=O) groups excluding carboxylic acids is 1. The summed E-state index contributed by atoms with van der Waals surface area (Å²) in [6.07, 6.45) is 5.06. The fourth-order valence-corrected chi connectivity index (χ4v) is 1.41. The van der Waals surface area contributed by atoms with Crippen LogP contribution in [0.25, 0.3) is 0 Å². The number of hydrazine groups is 1. The minimum absolute atomic E-state index is 0.0275. The molecule has 2 heterocycles. The second kappa shape index (κ2) is 5.12. The van der Waals surface area contributed by atoms with Crippen molar-refractivity contribution in [3.63, 3.8) is 0 Å². The van der Waals surface area contributed by atoms with Crippen LogP contribution in [-0.2, 0) is 4.79 Å². The Kier molecular flexibility index (Phi) is 3.54. The van der Waals surface area contributed by atoms with Crippen LogP contribution in [0.1, 0.15) is 0 Å². The molecule has 2 rings (SSSR count). The Labute approximate surface area is 113 Å². The zero-order chi connectivity index (χ0) is 14.0. The maximum Gasteiger partial charge on any atom is 0.278 e. The standard InChI is InChI=1S/C10H10ClN5O3/c1-15-3-2-7(17)8(16(15)19)9(18)14-10-12-4-6(11)5-13-10/h2-5,17,19H,1H3,(H,12,13,14,18)/p-1. The van der Waals surface area contributed by atoms with E-state index in [0.29, 0.717) is 10.2 Å². The van der Waals surface area contributed by atoms with E-state index < -0.39 is 17.4 Å². The lowest BCUT2D eigenvalue weighted by molar-refractivity contribution is -0.308. The van der Waals surface area contributed by atoms with Crippen molar-refractivity contribution in [1.29, 1.82) is 0 Å². The van der Waals surface area contributed by atoms with Gasteiger partial charge in [0.15, 0.2) is 0 Å². The Morgan fingerprint density at radius 2 is 2.11 bits per heavy atom. The van der Waals surface area contributed by atoms with Gasteiger partial charge in [0.2, 0.25) is 5.95 Å². The normalized spacial score (nSPS) is 14.9. The quantitative estimate of drug-likeness (QED) is 0.767. The van der Waals surface area contributed by atoms with Crippen LogP contribution in [0.5, 0.6) is 0 Å². The van der Waals surface area contributed by atoms with E-state index in [9.17, 15) is 15.1 Å². The summed E-state index contributed by atoms with van der Waals surface area (Å²) in [5.74, 6) is -1.49. The molecule has 0 bridgehead atoms. The van der Waals surface area contributed by atoms with Crippen LogP contribution in [0.15, 0.2) is 36.1 Å². The molecular formula is C10H9ClN5O3-. The lowest BCUT2D eigenvalue weighted by Gasteiger charge is -2.33. The number of amides is 1. The van der Waals surface area contributed by atoms with E-state index >= 15 is 0 Å². The number of nitrogens with one attached hydrogen (secondary N) is 1. The van der Waals surface area contributed by atoms with Crippen molar-refractivity contribution in [3.8, 4) is 0 Å². The van der Waals surface area contributed by atoms with Crippen LogP contribution in [0.2, 0.25) is 5.02 Å². The van der Waals surface area contributed by atoms with Gasteiger partial charge in [-0.05, 0) is 6.08 Å². The van der Waals surface area contributed by atoms with Gasteiger partial charge in [-0.2, -0.15) is 5.17 Å². The summed E-state index contributed by atoms with van der Waals surface area (Å²) in [5, 5.41) is 25.4. The lowest BCUT2D eigenvalue weighted by Crippen LogP contribution is -2.41. The topological polar surface area (TPSA) is 105 Å². The predicted molar refractivity (Wildman–Crippen MR) is 63.2 cm³/mol. The van der Waals surface area contributed by atoms with E-state index in [2.05, 4.69) is 15.3 Å². The van der Waals surface area contributed by atoms with Crippen LogP contribution >= 0.6 is 11.6 Å². The molecule has 0 saturated carbocycles. The summed E-state index contributed by atoms with van der Waals surface area (Å²) < 4.78 is 0. The number of hydrogen-bond donors (Lipinski definition) is 2. The SMILES string of the molecule is CN1C=CC([O-])=C(C(=O)Nc2ncc(Cl)cn2)N1O. The first kappa shape index (κ1) is 13.1. The second-order valence-corrected chi connectivity index (χ2v) is 4.01. The van der Waals surface area contributed by atoms with Gasteiger partial charge in [0.1, 0.15) is 5.70 Å². The summed E-state index contributed by atoms with van der Waals surface area (Å²) in [4.78, 5) is 19.4. The van der Waals surface area contributed by atoms with Gasteiger partial charge < -0.3 is 5.11 Å². The number of hydrogen-bond acceptors (Lipinski definition) is 7. The summed E-state index contributed by atoms with van der Waals surface area (Å²) in [5.41, 5.74) is -0.455. The molecule has 0 radical (unpaired) electrons. The molecule has 100 valence electrons. The molecule has 1 aromatic rings. The average Bonchev–Trinajstić information content (AvgIpc) is 2.37. The van der Waals surface area contributed by atoms with Crippen LogP contribution in [0, 0.1) is 0 Å². The highest BCUT2D eigenvalue weighted by Gasteiger charge is 2.22. The summed E-state index contributed by atoms with van der Waals surface area (Å²) >= 11 is 5.60. The van der Waals surface area contributed by atoms with E-state index in [-0.39, 0.29) is 5.95 Å². The van der Waals surface area contributed by atoms with Crippen LogP contribution in [-0.4, -0.2) is 38.3 Å². The van der Waals surface area contributed by atoms with Gasteiger partial charge in [-0.1, -0.05) is 17.4 Å². The van der Waals surface area contributed by atoms with Gasteiger partial charge >= 0.3 is 0 Å². The Hall–Kier alpha value is -2.32. The average molecular weight is 283 g/mol. The molecule has 1 aliphatic heterocycles. The van der Waals surface area contributed by atoms with Crippen LogP contribution in [0.4, 0.5) is 5.95 Å². The maximum absolute atomic E-state index is 11.9. The third-order valence-electron chi connectivity index (χ3n) is 2.23. The fourth-order valence-electron chi connectivity index (χ4n) is 1.31. The maximum atomic E-state index is 11.9. The Balaban J connectivity index is 2.20. The number of anilines is 1. The third-order valence-corrected chi connectivity index (χ3v) is 2.43. The Morgan fingerprint density at radius 3 is 2.74 bits per heavy atom. The number of halogens is 1. The van der Waals surface area contributed by atoms with Gasteiger partial charge in [0.25, 0.3) is 5.91 Å². The predicted octanol–water partition coefficient (Wildman–Crippen LogP) is -0.294. The molecule has 0 aliphatic carbocycles. The summed E-state index contributed by atoms with van der Waals surface area (Å²) in [6.45, 7) is 0. The number of nitrogens with zero attached hydrogens (tertiary/aromatic N) is 4. The molecule has 0 unspecified atom stereocenters. The number of hydroxylamine groups is 1. The highest BCUT2D eigenvalue weighted by Crippen LogP contribution is 2.15. The molecule has 0 fully saturated rings. The van der Waals surface area contributed by atoms with Gasteiger partial charge in [0.05, 0.1) is 17.4 Å². The first-order valence-corrected chi connectivity index (χ1v) is 5.47. The van der Waals surface area contributed by atoms with E-state index in [1.807, 2.05) is 0 Å². The first-order chi connectivity index (χ1) is 8.99. The van der Waals surface area contributed by atoms with Crippen molar-refractivity contribution >= 4 is 23.5 Å². The Morgan fingerprint density at radius 1 is 1.47 bits per heavy atom. The molecule has 2 N–H and O–H groups in total. The van der Waals surface area contributed by atoms with Crippen molar-refractivity contribution in [2.24, 2.45) is 0 Å². The molecule has 0 atom stereocenters. The smallest absolute Gasteiger partial charge is 0.278 e. The van der Waals surface area contributed by atoms with Crippen molar-refractivity contribution in [1.82, 2.24) is 20.1 Å². The highest BCUT2D eigenvalue weighted by molar-refractivity contribution is 6.30. The van der Waals surface area contributed by atoms with Gasteiger partial charge in [0, 0.05) is 13.2 Å². The van der Waals surface area contributed by atoms with E-state index in [4.69, 9.17) is 11.6 Å². The van der Waals surface area contributed by atoms with Gasteiger partial charge in [-0.3, -0.25) is 20.3 Å². The molecule has 1 amide bonds. The van der Waals surface area contributed by atoms with Crippen molar-refractivity contribution in [2.45, 2.75) is 0 Å². The fraction of sp³-hybridized carbons (Fsp3) is 0.100. The van der Waals surface area contributed by atoms with E-state index in [1.54, 1.807) is 0 Å². The number of rotatable bonds is 2. The number of aromatic nitrogens is 2. The summed E-state index contributed by atoms with van der Waals surface area (Å²) in [6, 6.07) is 0. The van der Waals surface area contributed by atoms with Crippen LogP contribution in [0.3, 0.4) is 0 Å². The number of carbonyl (C=O) groups is 1. The van der Waals surface area contributed by atoms with E-state index in [0.717, 1.165) is 6.08 Å². The number of allylic oxidation sites excluding steroid dienone is 1. The zero-order valence-electron chi connectivity index (χ0n) is 9.74. The molecule has 1 aromatic heterocycles. The molecule has 0 spiro atoms. The van der Waals surface area contributed by atoms with E-state index in [1.165, 1.54) is 30.7 Å². The highest BCUT2D eigenvalue weighted by atomic mass is 35.5. The van der Waals surface area contributed by atoms with Crippen molar-refractivity contribution < 1.29 is 15.1 Å². The summed E-state index contributed by atoms with van der Waals surface area (Å²) in [7, 11) is 1.47. The Bertz CT molecular complexity index is 557. The lowest BCUT2D eigenvalue weighted by atomic mass is 10.3. The molecule has 0 saturated heterocycles. The third kappa shape index (κ3) is 2.75. The minimum atomic E-state index is -0.828. The first-order valence-electron chi connectivity index (χ1n) is 5.09. The van der Waals surface area contributed by atoms with Crippen LogP contribution < -0.4 is 10.4 Å². The van der Waals surface area contributed by atoms with Gasteiger partial charge in [-0.25, -0.2) is 9.97 Å². The monoisotopic (exact) mass is 282 g/mol. The largest absolute Gasteiger partial charge is 0.871 e. The van der Waals surface area contributed by atoms with Crippen molar-refractivity contribution in [2.75, 3.05) is 12.4 Å². The second-order valence-electron chi connectivity index (χ2n) is 3.57. The van der Waals surface area contributed by atoms with Gasteiger partial charge in [-0.15, -0.1) is 0 Å². The zero-order valence-corrected chi connectivity index (χ0v) is 10.5.